The molecule has 0 aliphatic carbocycles. The van der Waals surface area contributed by atoms with Crippen molar-refractivity contribution in [1.29, 1.82) is 0 Å². The van der Waals surface area contributed by atoms with Gasteiger partial charge in [0.1, 0.15) is 12.3 Å². The number of ether oxygens (including phenoxy) is 2. The van der Waals surface area contributed by atoms with Gasteiger partial charge in [0, 0.05) is 12.3 Å². The number of amides is 1. The summed E-state index contributed by atoms with van der Waals surface area (Å²) in [6, 6.07) is 0. The largest absolute Gasteiger partial charge is 0.373 e. The van der Waals surface area contributed by atoms with Crippen LogP contribution in [0.4, 0.5) is 0 Å². The van der Waals surface area contributed by atoms with Gasteiger partial charge in [-0.3, -0.25) is 4.79 Å². The molecule has 0 aromatic rings. The summed E-state index contributed by atoms with van der Waals surface area (Å²) < 4.78 is 11.9. The van der Waals surface area contributed by atoms with E-state index >= 15 is 0 Å². The zero-order valence-corrected chi connectivity index (χ0v) is 16.7. The second kappa shape index (κ2) is 7.37. The Labute approximate surface area is 152 Å². The number of nitrogens with zero attached hydrogens (tertiary/aromatic N) is 1. The van der Waals surface area contributed by atoms with Crippen LogP contribution in [-0.2, 0) is 14.3 Å². The smallest absolute Gasteiger partial charge is 0.231 e. The topological polar surface area (TPSA) is 59.0 Å². The van der Waals surface area contributed by atoms with Gasteiger partial charge in [-0.2, -0.15) is 0 Å². The molecule has 0 bridgehead atoms. The predicted molar refractivity (Wildman–Crippen MR) is 97.7 cm³/mol. The molecule has 2 aliphatic heterocycles. The van der Waals surface area contributed by atoms with Gasteiger partial charge in [-0.1, -0.05) is 39.3 Å². The second-order valence-electron chi connectivity index (χ2n) is 8.42. The first-order chi connectivity index (χ1) is 11.6. The Balaban J connectivity index is 2.13. The Morgan fingerprint density at radius 1 is 1.44 bits per heavy atom. The lowest BCUT2D eigenvalue weighted by atomic mass is 9.68. The Hall–Kier alpha value is -0.910. The normalized spacial score (nSPS) is 38.8. The van der Waals surface area contributed by atoms with Crippen molar-refractivity contribution in [2.24, 2.45) is 17.3 Å². The molecule has 0 spiro atoms. The molecule has 1 amide bonds. The molecular formula is C20H35NO4. The molecule has 144 valence electrons. The molecule has 2 rings (SSSR count). The molecule has 0 saturated carbocycles. The average Bonchev–Trinajstić information content (AvgIpc) is 2.98. The first-order valence-corrected chi connectivity index (χ1v) is 9.53. The maximum Gasteiger partial charge on any atom is 0.231 e. The van der Waals surface area contributed by atoms with Gasteiger partial charge >= 0.3 is 0 Å². The molecule has 5 atom stereocenters. The third-order valence-electron chi connectivity index (χ3n) is 6.09. The van der Waals surface area contributed by atoms with E-state index in [1.807, 2.05) is 34.6 Å². The fraction of sp³-hybridized carbons (Fsp3) is 0.850. The summed E-state index contributed by atoms with van der Waals surface area (Å²) in [5.41, 5.74) is 0.201. The highest BCUT2D eigenvalue weighted by atomic mass is 16.7. The third kappa shape index (κ3) is 3.64. The van der Waals surface area contributed by atoms with Crippen molar-refractivity contribution in [2.75, 3.05) is 13.2 Å². The highest BCUT2D eigenvalue weighted by molar-refractivity contribution is 5.86. The summed E-state index contributed by atoms with van der Waals surface area (Å²) in [5, 5.41) is 10.9. The molecular weight excluding hydrogens is 318 g/mol. The minimum absolute atomic E-state index is 0.0197. The van der Waals surface area contributed by atoms with Gasteiger partial charge in [0.05, 0.1) is 18.6 Å². The zero-order chi connectivity index (χ0) is 19.0. The Morgan fingerprint density at radius 2 is 2.08 bits per heavy atom. The molecule has 0 aromatic heterocycles. The number of hydrogen-bond acceptors (Lipinski definition) is 4. The molecule has 0 radical (unpaired) electrons. The first-order valence-electron chi connectivity index (χ1n) is 9.53. The van der Waals surface area contributed by atoms with Crippen LogP contribution in [0.15, 0.2) is 12.2 Å². The van der Waals surface area contributed by atoms with E-state index in [9.17, 15) is 9.90 Å². The van der Waals surface area contributed by atoms with Crippen molar-refractivity contribution in [2.45, 2.75) is 78.9 Å². The Kier molecular flexibility index (Phi) is 6.02. The average molecular weight is 354 g/mol. The number of rotatable bonds is 7. The standard InChI is InChI=1S/C20H35NO4/c1-8-9-10-19(6)24-12-15(25-19)11-21-17(22)16(13(2)3)20(7,14(4)5)18(21)23/h14-17,22H,2,8-12H2,1,3-7H3. The van der Waals surface area contributed by atoms with E-state index in [0.717, 1.165) is 24.8 Å². The fourth-order valence-corrected chi connectivity index (χ4v) is 4.24. The zero-order valence-electron chi connectivity index (χ0n) is 16.7. The van der Waals surface area contributed by atoms with Crippen molar-refractivity contribution in [1.82, 2.24) is 4.90 Å². The van der Waals surface area contributed by atoms with Crippen LogP contribution in [0.2, 0.25) is 0 Å². The van der Waals surface area contributed by atoms with E-state index in [4.69, 9.17) is 9.47 Å². The third-order valence-corrected chi connectivity index (χ3v) is 6.09. The summed E-state index contributed by atoms with van der Waals surface area (Å²) in [5.74, 6) is -0.761. The van der Waals surface area contributed by atoms with Gasteiger partial charge in [0.15, 0.2) is 5.79 Å². The maximum absolute atomic E-state index is 13.1. The van der Waals surface area contributed by atoms with Gasteiger partial charge < -0.3 is 19.5 Å². The first kappa shape index (κ1) is 20.4. The summed E-state index contributed by atoms with van der Waals surface area (Å²) >= 11 is 0. The van der Waals surface area contributed by atoms with Gasteiger partial charge in [-0.25, -0.2) is 0 Å². The molecule has 25 heavy (non-hydrogen) atoms. The van der Waals surface area contributed by atoms with Gasteiger partial charge in [-0.05, 0) is 33.1 Å². The molecule has 1 N–H and O–H groups in total. The van der Waals surface area contributed by atoms with Crippen LogP contribution in [0.1, 0.15) is 60.8 Å². The summed E-state index contributed by atoms with van der Waals surface area (Å²) in [6.45, 7) is 16.8. The van der Waals surface area contributed by atoms with E-state index in [-0.39, 0.29) is 23.8 Å². The number of unbranched alkanes of at least 4 members (excludes halogenated alkanes) is 1. The van der Waals surface area contributed by atoms with Crippen LogP contribution in [0.25, 0.3) is 0 Å². The summed E-state index contributed by atoms with van der Waals surface area (Å²) in [4.78, 5) is 14.7. The van der Waals surface area contributed by atoms with Crippen LogP contribution >= 0.6 is 0 Å². The molecule has 2 aliphatic rings. The van der Waals surface area contributed by atoms with Gasteiger partial charge in [-0.15, -0.1) is 0 Å². The SMILES string of the molecule is C=C(C)C1C(O)N(CC2COC(C)(CCCC)O2)C(=O)C1(C)C(C)C. The van der Waals surface area contributed by atoms with E-state index in [2.05, 4.69) is 13.5 Å². The van der Waals surface area contributed by atoms with E-state index in [1.54, 1.807) is 4.90 Å². The quantitative estimate of drug-likeness (QED) is 0.713. The minimum Gasteiger partial charge on any atom is -0.373 e. The minimum atomic E-state index is -0.858. The van der Waals surface area contributed by atoms with E-state index in [0.29, 0.717) is 13.2 Å². The predicted octanol–water partition coefficient (Wildman–Crippen LogP) is 3.32. The van der Waals surface area contributed by atoms with Crippen LogP contribution < -0.4 is 0 Å². The lowest BCUT2D eigenvalue weighted by Crippen LogP contribution is -2.43. The van der Waals surface area contributed by atoms with Crippen molar-refractivity contribution in [3.8, 4) is 0 Å². The molecule has 5 heteroatoms. The van der Waals surface area contributed by atoms with Crippen molar-refractivity contribution < 1.29 is 19.4 Å². The summed E-state index contributed by atoms with van der Waals surface area (Å²) in [6.07, 6.45) is 1.90. The number of likely N-dealkylation sites (tertiary alicyclic amines) is 1. The molecule has 5 nitrogen and oxygen atoms in total. The molecule has 2 heterocycles. The number of aliphatic hydroxyl groups is 1. The number of hydrogen-bond donors (Lipinski definition) is 1. The van der Waals surface area contributed by atoms with E-state index < -0.39 is 17.4 Å². The molecule has 0 aromatic carbocycles. The van der Waals surface area contributed by atoms with Crippen LogP contribution in [-0.4, -0.2) is 47.2 Å². The van der Waals surface area contributed by atoms with Gasteiger partial charge in [0.2, 0.25) is 5.91 Å². The Morgan fingerprint density at radius 3 is 2.56 bits per heavy atom. The number of aliphatic hydroxyl groups excluding tert-OH is 1. The Bertz CT molecular complexity index is 520. The molecule has 2 saturated heterocycles. The molecule has 5 unspecified atom stereocenters. The highest BCUT2D eigenvalue weighted by Crippen LogP contribution is 2.49. The summed E-state index contributed by atoms with van der Waals surface area (Å²) in [7, 11) is 0. The number of carbonyl (C=O) groups excluding carboxylic acids is 1. The van der Waals surface area contributed by atoms with Crippen LogP contribution in [0.5, 0.6) is 0 Å². The van der Waals surface area contributed by atoms with Gasteiger partial charge in [0.25, 0.3) is 0 Å². The highest BCUT2D eigenvalue weighted by Gasteiger charge is 2.58. The maximum atomic E-state index is 13.1. The van der Waals surface area contributed by atoms with E-state index in [1.165, 1.54) is 0 Å². The van der Waals surface area contributed by atoms with Crippen molar-refractivity contribution in [3.05, 3.63) is 12.2 Å². The van der Waals surface area contributed by atoms with Crippen molar-refractivity contribution in [3.63, 3.8) is 0 Å². The van der Waals surface area contributed by atoms with Crippen molar-refractivity contribution >= 4 is 5.91 Å². The number of carbonyl (C=O) groups is 1. The van der Waals surface area contributed by atoms with Crippen LogP contribution in [0.3, 0.4) is 0 Å². The fourth-order valence-electron chi connectivity index (χ4n) is 4.24. The van der Waals surface area contributed by atoms with Crippen LogP contribution in [0, 0.1) is 17.3 Å². The lowest BCUT2D eigenvalue weighted by molar-refractivity contribution is -0.165. The monoisotopic (exact) mass is 353 g/mol. The molecule has 2 fully saturated rings. The lowest BCUT2D eigenvalue weighted by Gasteiger charge is -2.33. The second-order valence-corrected chi connectivity index (χ2v) is 8.42.